The molecule has 1 aromatic carbocycles. The van der Waals surface area contributed by atoms with Crippen molar-refractivity contribution >= 4 is 17.3 Å². The van der Waals surface area contributed by atoms with Gasteiger partial charge in [-0.05, 0) is 24.3 Å². The summed E-state index contributed by atoms with van der Waals surface area (Å²) in [5.74, 6) is -0.544. The maximum absolute atomic E-state index is 13.0. The van der Waals surface area contributed by atoms with Crippen LogP contribution in [0.3, 0.4) is 0 Å². The number of pyridine rings is 1. The number of carbonyl (C=O) groups is 1. The summed E-state index contributed by atoms with van der Waals surface area (Å²) < 4.78 is 46.1. The molecule has 3 heterocycles. The number of amides is 1. The smallest absolute Gasteiger partial charge is 0.419 e. The molecule has 0 aliphatic carbocycles. The Morgan fingerprint density at radius 2 is 2.10 bits per heavy atom. The molecule has 1 atom stereocenters. The fourth-order valence-electron chi connectivity index (χ4n) is 3.03. The molecular weight excluding hydrogens is 401 g/mol. The third-order valence-electron chi connectivity index (χ3n) is 4.52. The monoisotopic (exact) mass is 418 g/mol. The molecule has 2 aromatic heterocycles. The molecule has 0 saturated carbocycles. The van der Waals surface area contributed by atoms with Crippen molar-refractivity contribution in [1.82, 2.24) is 14.7 Å². The van der Waals surface area contributed by atoms with Gasteiger partial charge in [0.15, 0.2) is 6.10 Å². The van der Waals surface area contributed by atoms with Crippen LogP contribution >= 0.6 is 0 Å². The number of hydrogen-bond donors (Lipinski definition) is 1. The number of ether oxygens (including phenoxy) is 1. The van der Waals surface area contributed by atoms with Crippen LogP contribution in [0.2, 0.25) is 0 Å². The van der Waals surface area contributed by atoms with Crippen molar-refractivity contribution in [3.8, 4) is 5.75 Å². The quantitative estimate of drug-likeness (QED) is 0.666. The number of nitrogens with zero attached hydrogens (tertiary/aromatic N) is 3. The molecule has 1 aliphatic heterocycles. The van der Waals surface area contributed by atoms with Gasteiger partial charge in [-0.15, -0.1) is 0 Å². The molecular formula is C20H17F3N4O3. The second kappa shape index (κ2) is 8.05. The topological polar surface area (TPSA) is 77.2 Å². The number of para-hydroxylation sites is 1. The Kier molecular flexibility index (Phi) is 5.30. The van der Waals surface area contributed by atoms with E-state index in [1.165, 1.54) is 18.2 Å². The summed E-state index contributed by atoms with van der Waals surface area (Å²) in [6.07, 6.45) is 0.354. The lowest BCUT2D eigenvalue weighted by atomic mass is 10.1. The highest BCUT2D eigenvalue weighted by Crippen LogP contribution is 2.36. The molecule has 10 heteroatoms. The first-order chi connectivity index (χ1) is 14.4. The van der Waals surface area contributed by atoms with E-state index in [0.29, 0.717) is 17.7 Å². The second-order valence-electron chi connectivity index (χ2n) is 6.69. The van der Waals surface area contributed by atoms with Gasteiger partial charge in [0.1, 0.15) is 18.0 Å². The van der Waals surface area contributed by atoms with Crippen molar-refractivity contribution in [2.45, 2.75) is 18.7 Å². The van der Waals surface area contributed by atoms with Crippen molar-refractivity contribution in [3.63, 3.8) is 0 Å². The SMILES string of the molecule is O=C(NCC1=NOC(COc2ccccc2C(F)(F)F)C1)c1ccc2nccn2c1. The van der Waals surface area contributed by atoms with E-state index in [1.807, 2.05) is 0 Å². The van der Waals surface area contributed by atoms with E-state index in [4.69, 9.17) is 9.57 Å². The average Bonchev–Trinajstić information content (AvgIpc) is 3.38. The lowest BCUT2D eigenvalue weighted by molar-refractivity contribution is -0.139. The number of alkyl halides is 3. The van der Waals surface area contributed by atoms with Gasteiger partial charge in [0.05, 0.1) is 23.4 Å². The van der Waals surface area contributed by atoms with Gasteiger partial charge in [-0.3, -0.25) is 4.79 Å². The normalized spacial score (nSPS) is 16.2. The Morgan fingerprint density at radius 3 is 2.93 bits per heavy atom. The number of carbonyl (C=O) groups excluding carboxylic acids is 1. The van der Waals surface area contributed by atoms with Gasteiger partial charge in [0.25, 0.3) is 5.91 Å². The number of rotatable bonds is 6. The Morgan fingerprint density at radius 1 is 1.27 bits per heavy atom. The van der Waals surface area contributed by atoms with E-state index >= 15 is 0 Å². The lowest BCUT2D eigenvalue weighted by Crippen LogP contribution is -2.30. The molecule has 4 rings (SSSR count). The number of imidazole rings is 1. The molecule has 7 nitrogen and oxygen atoms in total. The number of aromatic nitrogens is 2. The minimum absolute atomic E-state index is 0.0919. The van der Waals surface area contributed by atoms with E-state index in [1.54, 1.807) is 35.1 Å². The van der Waals surface area contributed by atoms with E-state index in [-0.39, 0.29) is 24.8 Å². The van der Waals surface area contributed by atoms with Crippen molar-refractivity contribution < 1.29 is 27.5 Å². The first-order valence-corrected chi connectivity index (χ1v) is 9.11. The van der Waals surface area contributed by atoms with Gasteiger partial charge in [-0.25, -0.2) is 4.98 Å². The Balaban J connectivity index is 1.27. The summed E-state index contributed by atoms with van der Waals surface area (Å²) in [6, 6.07) is 8.39. The van der Waals surface area contributed by atoms with E-state index in [0.717, 1.165) is 11.7 Å². The van der Waals surface area contributed by atoms with Crippen molar-refractivity contribution in [3.05, 3.63) is 66.1 Å². The van der Waals surface area contributed by atoms with Crippen LogP contribution in [0.25, 0.3) is 5.65 Å². The average molecular weight is 418 g/mol. The fraction of sp³-hybridized carbons (Fsp3) is 0.250. The van der Waals surface area contributed by atoms with Crippen molar-refractivity contribution in [2.75, 3.05) is 13.2 Å². The molecule has 30 heavy (non-hydrogen) atoms. The van der Waals surface area contributed by atoms with Gasteiger partial charge in [0.2, 0.25) is 0 Å². The first kappa shape index (κ1) is 19.7. The summed E-state index contributed by atoms with van der Waals surface area (Å²) in [4.78, 5) is 21.7. The Hall–Kier alpha value is -3.56. The zero-order valence-electron chi connectivity index (χ0n) is 15.6. The van der Waals surface area contributed by atoms with Gasteiger partial charge >= 0.3 is 6.18 Å². The number of nitrogens with one attached hydrogen (secondary N) is 1. The zero-order valence-corrected chi connectivity index (χ0v) is 15.6. The molecule has 3 aromatic rings. The standard InChI is InChI=1S/C20H17F3N4O3/c21-20(22,23)16-3-1-2-4-17(16)29-12-15-9-14(26-30-15)10-25-19(28)13-5-6-18-24-7-8-27(18)11-13/h1-8,11,15H,9-10,12H2,(H,25,28). The van der Waals surface area contributed by atoms with Gasteiger partial charge < -0.3 is 19.3 Å². The molecule has 0 fully saturated rings. The summed E-state index contributed by atoms with van der Waals surface area (Å²) >= 11 is 0. The molecule has 1 unspecified atom stereocenters. The molecule has 0 radical (unpaired) electrons. The van der Waals surface area contributed by atoms with Crippen LogP contribution in [0.1, 0.15) is 22.3 Å². The molecule has 1 amide bonds. The number of halogens is 3. The summed E-state index contributed by atoms with van der Waals surface area (Å²) in [6.45, 7) is 0.0712. The second-order valence-corrected chi connectivity index (χ2v) is 6.69. The van der Waals surface area contributed by atoms with Crippen LogP contribution < -0.4 is 10.1 Å². The highest BCUT2D eigenvalue weighted by atomic mass is 19.4. The maximum atomic E-state index is 13.0. The molecule has 0 spiro atoms. The fourth-order valence-corrected chi connectivity index (χ4v) is 3.03. The van der Waals surface area contributed by atoms with Crippen LogP contribution in [0.15, 0.2) is 60.1 Å². The van der Waals surface area contributed by atoms with E-state index < -0.39 is 17.8 Å². The predicted octanol–water partition coefficient (Wildman–Crippen LogP) is 3.31. The third kappa shape index (κ3) is 4.37. The number of benzene rings is 1. The van der Waals surface area contributed by atoms with Gasteiger partial charge in [-0.1, -0.05) is 17.3 Å². The third-order valence-corrected chi connectivity index (χ3v) is 4.52. The van der Waals surface area contributed by atoms with Crippen LogP contribution in [-0.2, 0) is 11.0 Å². The largest absolute Gasteiger partial charge is 0.489 e. The van der Waals surface area contributed by atoms with Crippen LogP contribution in [0.4, 0.5) is 13.2 Å². The zero-order chi connectivity index (χ0) is 21.1. The first-order valence-electron chi connectivity index (χ1n) is 9.11. The minimum atomic E-state index is -4.50. The molecule has 1 N–H and O–H groups in total. The predicted molar refractivity (Wildman–Crippen MR) is 101 cm³/mol. The van der Waals surface area contributed by atoms with Gasteiger partial charge in [0, 0.05) is 25.0 Å². The maximum Gasteiger partial charge on any atom is 0.419 e. The van der Waals surface area contributed by atoms with E-state index in [2.05, 4.69) is 15.5 Å². The van der Waals surface area contributed by atoms with Crippen LogP contribution in [0, 0.1) is 0 Å². The molecule has 1 aliphatic rings. The van der Waals surface area contributed by atoms with Gasteiger partial charge in [-0.2, -0.15) is 13.2 Å². The molecule has 156 valence electrons. The summed E-state index contributed by atoms with van der Waals surface area (Å²) in [5.41, 5.74) is 0.926. The number of oxime groups is 1. The Labute approximate surface area is 169 Å². The van der Waals surface area contributed by atoms with Crippen LogP contribution in [0.5, 0.6) is 5.75 Å². The van der Waals surface area contributed by atoms with E-state index in [9.17, 15) is 18.0 Å². The Bertz CT molecular complexity index is 1090. The van der Waals surface area contributed by atoms with Crippen LogP contribution in [-0.4, -0.2) is 40.3 Å². The highest BCUT2D eigenvalue weighted by molar-refractivity contribution is 5.98. The summed E-state index contributed by atoms with van der Waals surface area (Å²) in [5, 5.41) is 6.64. The minimum Gasteiger partial charge on any atom is -0.489 e. The number of fused-ring (bicyclic) bond motifs is 1. The molecule has 0 bridgehead atoms. The van der Waals surface area contributed by atoms with Crippen molar-refractivity contribution in [2.24, 2.45) is 5.16 Å². The lowest BCUT2D eigenvalue weighted by Gasteiger charge is -2.15. The highest BCUT2D eigenvalue weighted by Gasteiger charge is 2.34. The number of hydrogen-bond acceptors (Lipinski definition) is 5. The van der Waals surface area contributed by atoms with Crippen molar-refractivity contribution in [1.29, 1.82) is 0 Å². The molecule has 0 saturated heterocycles. The summed E-state index contributed by atoms with van der Waals surface area (Å²) in [7, 11) is 0.